The highest BCUT2D eigenvalue weighted by Crippen LogP contribution is 2.45. The van der Waals surface area contributed by atoms with Crippen molar-refractivity contribution >= 4 is 17.6 Å². The van der Waals surface area contributed by atoms with Gasteiger partial charge in [-0.15, -0.1) is 0 Å². The molecule has 176 valence electrons. The molecule has 2 atom stereocenters. The van der Waals surface area contributed by atoms with Crippen LogP contribution in [-0.4, -0.2) is 40.8 Å². The fraction of sp³-hybridized carbons (Fsp3) is 0.267. The van der Waals surface area contributed by atoms with E-state index in [1.165, 1.54) is 27.8 Å². The molecule has 5 nitrogen and oxygen atoms in total. The highest BCUT2D eigenvalue weighted by molar-refractivity contribution is 5.88. The van der Waals surface area contributed by atoms with E-state index in [1.54, 1.807) is 12.1 Å². The number of ether oxygens (including phenoxy) is 1. The molecule has 1 fully saturated rings. The van der Waals surface area contributed by atoms with E-state index in [4.69, 9.17) is 4.74 Å². The highest BCUT2D eigenvalue weighted by atomic mass is 16.6. The van der Waals surface area contributed by atoms with Crippen molar-refractivity contribution in [3.8, 4) is 11.1 Å². The van der Waals surface area contributed by atoms with Crippen LogP contribution in [0.3, 0.4) is 0 Å². The second-order valence-corrected chi connectivity index (χ2v) is 9.64. The van der Waals surface area contributed by atoms with Crippen LogP contribution >= 0.6 is 0 Å². The largest absolute Gasteiger partial charge is 0.478 e. The molecule has 2 aliphatic heterocycles. The second-order valence-electron chi connectivity index (χ2n) is 9.64. The van der Waals surface area contributed by atoms with Gasteiger partial charge in [-0.1, -0.05) is 66.7 Å². The van der Waals surface area contributed by atoms with Gasteiger partial charge in [0.25, 0.3) is 0 Å². The molecule has 6 rings (SSSR count). The number of piperidine rings is 1. The molecule has 3 aromatic rings. The van der Waals surface area contributed by atoms with Crippen LogP contribution in [0.4, 0.5) is 4.79 Å². The zero-order chi connectivity index (χ0) is 23.9. The molecule has 0 saturated carbocycles. The molecule has 1 amide bonds. The summed E-state index contributed by atoms with van der Waals surface area (Å²) in [5.41, 5.74) is 7.37. The Hall–Kier alpha value is -3.86. The molecule has 1 aliphatic carbocycles. The van der Waals surface area contributed by atoms with Crippen molar-refractivity contribution in [2.24, 2.45) is 0 Å². The number of aromatic carboxylic acids is 1. The van der Waals surface area contributed by atoms with Crippen LogP contribution in [0.1, 0.15) is 58.6 Å². The highest BCUT2D eigenvalue weighted by Gasteiger charge is 2.39. The van der Waals surface area contributed by atoms with E-state index in [0.717, 1.165) is 31.2 Å². The van der Waals surface area contributed by atoms with Gasteiger partial charge in [-0.25, -0.2) is 9.59 Å². The van der Waals surface area contributed by atoms with Gasteiger partial charge in [0, 0.05) is 12.0 Å². The second kappa shape index (κ2) is 8.73. The van der Waals surface area contributed by atoms with Crippen LogP contribution in [0.25, 0.3) is 16.7 Å². The van der Waals surface area contributed by atoms with Gasteiger partial charge in [-0.2, -0.15) is 0 Å². The Bertz CT molecular complexity index is 1280. The van der Waals surface area contributed by atoms with Gasteiger partial charge < -0.3 is 9.84 Å². The number of carbonyl (C=O) groups is 2. The van der Waals surface area contributed by atoms with Crippen LogP contribution in [0.2, 0.25) is 0 Å². The molecular weight excluding hydrogens is 438 g/mol. The fourth-order valence-electron chi connectivity index (χ4n) is 6.02. The van der Waals surface area contributed by atoms with E-state index in [-0.39, 0.29) is 29.7 Å². The molecule has 0 aromatic heterocycles. The average molecular weight is 466 g/mol. The van der Waals surface area contributed by atoms with Crippen molar-refractivity contribution in [3.63, 3.8) is 0 Å². The van der Waals surface area contributed by atoms with Gasteiger partial charge in [-0.3, -0.25) is 4.90 Å². The molecule has 2 unspecified atom stereocenters. The van der Waals surface area contributed by atoms with E-state index in [9.17, 15) is 14.7 Å². The molecule has 2 bridgehead atoms. The molecular formula is C30H27NO4. The molecule has 0 spiro atoms. The summed E-state index contributed by atoms with van der Waals surface area (Å²) in [7, 11) is 0. The number of hydrogen-bond acceptors (Lipinski definition) is 3. The van der Waals surface area contributed by atoms with E-state index < -0.39 is 5.97 Å². The number of carboxylic acid groups (broad SMARTS) is 1. The smallest absolute Gasteiger partial charge is 0.410 e. The first-order chi connectivity index (χ1) is 17.1. The van der Waals surface area contributed by atoms with Gasteiger partial charge in [-0.05, 0) is 71.2 Å². The Kier molecular flexibility index (Phi) is 5.40. The number of hydrogen-bond donors (Lipinski definition) is 1. The van der Waals surface area contributed by atoms with Crippen LogP contribution in [0, 0.1) is 0 Å². The lowest BCUT2D eigenvalue weighted by atomic mass is 9.83. The summed E-state index contributed by atoms with van der Waals surface area (Å²) in [6.07, 6.45) is 5.64. The SMILES string of the molecule is O=C(O)c1ccc(C2=CC3CCCC(C2)N3C(=O)OCC2c3ccccc3-c3ccccc32)cc1. The Morgan fingerprint density at radius 1 is 0.886 bits per heavy atom. The quantitative estimate of drug-likeness (QED) is 0.488. The van der Waals surface area contributed by atoms with Crippen molar-refractivity contribution in [2.75, 3.05) is 6.61 Å². The molecule has 1 N–H and O–H groups in total. The number of carboxylic acids is 1. The van der Waals surface area contributed by atoms with E-state index in [1.807, 2.05) is 29.2 Å². The van der Waals surface area contributed by atoms with Crippen LogP contribution < -0.4 is 0 Å². The number of benzene rings is 3. The summed E-state index contributed by atoms with van der Waals surface area (Å²) < 4.78 is 5.99. The number of carbonyl (C=O) groups excluding carboxylic acids is 1. The van der Waals surface area contributed by atoms with Crippen molar-refractivity contribution in [1.29, 1.82) is 0 Å². The van der Waals surface area contributed by atoms with Gasteiger partial charge in [0.1, 0.15) is 6.61 Å². The first kappa shape index (κ1) is 21.7. The molecule has 1 saturated heterocycles. The minimum Gasteiger partial charge on any atom is -0.478 e. The van der Waals surface area contributed by atoms with Gasteiger partial charge in [0.15, 0.2) is 0 Å². The monoisotopic (exact) mass is 465 g/mol. The van der Waals surface area contributed by atoms with Crippen molar-refractivity contribution < 1.29 is 19.4 Å². The molecule has 3 aromatic carbocycles. The van der Waals surface area contributed by atoms with Crippen molar-refractivity contribution in [2.45, 2.75) is 43.7 Å². The Balaban J connectivity index is 1.20. The Morgan fingerprint density at radius 3 is 2.17 bits per heavy atom. The molecule has 3 aliphatic rings. The lowest BCUT2D eigenvalue weighted by molar-refractivity contribution is 0.0538. The number of rotatable bonds is 4. The van der Waals surface area contributed by atoms with E-state index in [0.29, 0.717) is 6.61 Å². The maximum absolute atomic E-state index is 13.4. The van der Waals surface area contributed by atoms with Gasteiger partial charge in [0.05, 0.1) is 11.6 Å². The zero-order valence-electron chi connectivity index (χ0n) is 19.4. The maximum Gasteiger partial charge on any atom is 0.410 e. The summed E-state index contributed by atoms with van der Waals surface area (Å²) in [4.78, 5) is 26.5. The maximum atomic E-state index is 13.4. The van der Waals surface area contributed by atoms with Crippen molar-refractivity contribution in [1.82, 2.24) is 4.90 Å². The lowest BCUT2D eigenvalue weighted by Crippen LogP contribution is -2.51. The van der Waals surface area contributed by atoms with Crippen molar-refractivity contribution in [3.05, 3.63) is 101 Å². The molecule has 0 radical (unpaired) electrons. The normalized spacial score (nSPS) is 20.6. The third kappa shape index (κ3) is 3.81. The predicted molar refractivity (Wildman–Crippen MR) is 134 cm³/mol. The Labute approximate surface area is 204 Å². The molecule has 2 heterocycles. The Morgan fingerprint density at radius 2 is 1.54 bits per heavy atom. The standard InChI is InChI=1S/C30H27NO4/c32-29(33)20-14-12-19(13-15-20)21-16-22-6-5-7-23(17-21)31(22)30(34)35-18-28-26-10-3-1-8-24(26)25-9-2-4-11-27(25)28/h1-4,8-16,22-23,28H,5-7,17-18H2,(H,32,33). The predicted octanol–water partition coefficient (Wildman–Crippen LogP) is 6.34. The summed E-state index contributed by atoms with van der Waals surface area (Å²) in [5, 5.41) is 9.18. The molecule has 35 heavy (non-hydrogen) atoms. The van der Waals surface area contributed by atoms with Gasteiger partial charge in [0.2, 0.25) is 0 Å². The van der Waals surface area contributed by atoms with Crippen LogP contribution in [0.5, 0.6) is 0 Å². The minimum atomic E-state index is -0.924. The fourth-order valence-corrected chi connectivity index (χ4v) is 6.02. The summed E-state index contributed by atoms with van der Waals surface area (Å²) in [5.74, 6) is -0.873. The number of nitrogens with zero attached hydrogens (tertiary/aromatic N) is 1. The third-order valence-corrected chi connectivity index (χ3v) is 7.69. The topological polar surface area (TPSA) is 66.8 Å². The summed E-state index contributed by atoms with van der Waals surface area (Å²) in [6, 6.07) is 23.9. The summed E-state index contributed by atoms with van der Waals surface area (Å²) >= 11 is 0. The van der Waals surface area contributed by atoms with Crippen LogP contribution in [0.15, 0.2) is 78.9 Å². The third-order valence-electron chi connectivity index (χ3n) is 7.69. The minimum absolute atomic E-state index is 0.00676. The first-order valence-corrected chi connectivity index (χ1v) is 12.3. The number of fused-ring (bicyclic) bond motifs is 5. The van der Waals surface area contributed by atoms with E-state index in [2.05, 4.69) is 42.5 Å². The van der Waals surface area contributed by atoms with Gasteiger partial charge >= 0.3 is 12.1 Å². The first-order valence-electron chi connectivity index (χ1n) is 12.3. The zero-order valence-corrected chi connectivity index (χ0v) is 19.4. The molecule has 5 heteroatoms. The van der Waals surface area contributed by atoms with Crippen LogP contribution in [-0.2, 0) is 4.74 Å². The summed E-state index contributed by atoms with van der Waals surface area (Å²) in [6.45, 7) is 0.329. The average Bonchev–Trinajstić information content (AvgIpc) is 3.20. The lowest BCUT2D eigenvalue weighted by Gasteiger charge is -2.44. The number of amides is 1. The van der Waals surface area contributed by atoms with E-state index >= 15 is 0 Å².